The van der Waals surface area contributed by atoms with Gasteiger partial charge in [-0.05, 0) is 185 Å². The van der Waals surface area contributed by atoms with Gasteiger partial charge in [0.15, 0.2) is 0 Å². The summed E-state index contributed by atoms with van der Waals surface area (Å²) in [6, 6.07) is 9.46. The Kier molecular flexibility index (Phi) is 3.13. The second-order valence-corrected chi connectivity index (χ2v) is 20.7. The lowest BCUT2D eigenvalue weighted by atomic mass is 9.37. The topological polar surface area (TPSA) is 26.3 Å². The standard InChI is InChI=1S/C51H36O2/c1-17(52)53-49-16-30(24-4-2-3-5-27(24)49)50-28-14-15-29-26-13-11-23-21-9-7-19-18-6-8-20-22-10-12-25(28)37-35(22)40-33(20)31(18)39-32(19)34(21)41-36(23)38(26)48(51(29,49)50)46-44(41)42(39)43(40)45(46)47(37)50/h2-6,8,18-21,28-31,33H,7,9-16H2,1H3/t18?,19?,20?,21?,28?,29?,30-,31?,33?,49-,50?,51?/m1/s1. The summed E-state index contributed by atoms with van der Waals surface area (Å²) in [6.45, 7) is 1.73. The van der Waals surface area contributed by atoms with Crippen LogP contribution >= 0.6 is 0 Å². The van der Waals surface area contributed by atoms with Crippen LogP contribution in [0.15, 0.2) is 36.4 Å². The number of esters is 1. The Balaban J connectivity index is 1.19. The molecular weight excluding hydrogens is 645 g/mol. The van der Waals surface area contributed by atoms with Crippen molar-refractivity contribution in [1.82, 2.24) is 0 Å². The van der Waals surface area contributed by atoms with E-state index in [4.69, 9.17) is 4.74 Å². The average Bonchev–Trinajstić information content (AvgIpc) is 4.03. The molecule has 2 bridgehead atoms. The van der Waals surface area contributed by atoms with E-state index in [2.05, 4.69) is 36.4 Å². The van der Waals surface area contributed by atoms with Gasteiger partial charge in [0.05, 0.1) is 5.41 Å². The van der Waals surface area contributed by atoms with Crippen molar-refractivity contribution in [2.45, 2.75) is 111 Å². The molecule has 16 aliphatic carbocycles. The van der Waals surface area contributed by atoms with Gasteiger partial charge in [0.1, 0.15) is 5.60 Å². The quantitative estimate of drug-likeness (QED) is 0.139. The van der Waals surface area contributed by atoms with Gasteiger partial charge in [0, 0.05) is 36.5 Å². The molecule has 2 nitrogen and oxygen atoms in total. The van der Waals surface area contributed by atoms with Crippen molar-refractivity contribution in [3.05, 3.63) is 102 Å². The van der Waals surface area contributed by atoms with E-state index in [0.717, 1.165) is 6.42 Å². The molecule has 0 saturated heterocycles. The van der Waals surface area contributed by atoms with Crippen LogP contribution in [0.2, 0.25) is 0 Å². The number of hydrogen-bond donors (Lipinski definition) is 0. The minimum Gasteiger partial charge on any atom is -0.453 e. The molecule has 2 spiro atoms. The zero-order chi connectivity index (χ0) is 33.3. The number of carbonyl (C=O) groups excluding carboxylic acids is 1. The van der Waals surface area contributed by atoms with E-state index >= 15 is 0 Å². The van der Waals surface area contributed by atoms with Gasteiger partial charge in [0.2, 0.25) is 0 Å². The molecule has 12 atom stereocenters. The number of ether oxygens (including phenoxy) is 1. The van der Waals surface area contributed by atoms with Crippen LogP contribution in [-0.4, -0.2) is 5.97 Å². The lowest BCUT2D eigenvalue weighted by Crippen LogP contribution is -2.68. The van der Waals surface area contributed by atoms with Crippen LogP contribution in [0.3, 0.4) is 0 Å². The number of allylic oxidation sites excluding steroid dienone is 2. The van der Waals surface area contributed by atoms with Crippen LogP contribution in [0.5, 0.6) is 0 Å². The summed E-state index contributed by atoms with van der Waals surface area (Å²) in [5, 5.41) is 10.5. The summed E-state index contributed by atoms with van der Waals surface area (Å²) in [6.07, 6.45) is 16.8. The van der Waals surface area contributed by atoms with Crippen LogP contribution < -0.4 is 20.9 Å². The summed E-state index contributed by atoms with van der Waals surface area (Å²) in [5.74, 6) is 5.16. The van der Waals surface area contributed by atoms with Crippen molar-refractivity contribution in [3.8, 4) is 22.3 Å². The van der Waals surface area contributed by atoms with Crippen LogP contribution in [0, 0.1) is 23.7 Å². The fourth-order valence-electron chi connectivity index (χ4n) is 20.7. The van der Waals surface area contributed by atoms with Gasteiger partial charge in [-0.3, -0.25) is 4.79 Å². The minimum atomic E-state index is -0.627. The predicted molar refractivity (Wildman–Crippen MR) is 202 cm³/mol. The Morgan fingerprint density at radius 3 is 2.43 bits per heavy atom. The van der Waals surface area contributed by atoms with Crippen molar-refractivity contribution < 1.29 is 9.53 Å². The molecule has 0 N–H and O–H groups in total. The van der Waals surface area contributed by atoms with E-state index < -0.39 is 5.60 Å². The molecule has 10 unspecified atom stereocenters. The number of benzene rings is 4. The Morgan fingerprint density at radius 1 is 0.679 bits per heavy atom. The Bertz CT molecular complexity index is 3240. The Labute approximate surface area is 306 Å². The summed E-state index contributed by atoms with van der Waals surface area (Å²) in [7, 11) is 0. The normalized spacial score (nSPS) is 43.9. The van der Waals surface area contributed by atoms with Crippen molar-refractivity contribution >= 4 is 39.0 Å². The van der Waals surface area contributed by atoms with Crippen molar-refractivity contribution in [2.24, 2.45) is 23.7 Å². The molecule has 0 heterocycles. The van der Waals surface area contributed by atoms with Crippen molar-refractivity contribution in [3.63, 3.8) is 0 Å². The largest absolute Gasteiger partial charge is 0.453 e. The first-order valence-corrected chi connectivity index (χ1v) is 21.5. The number of hydrogen-bond acceptors (Lipinski definition) is 2. The molecule has 0 radical (unpaired) electrons. The molecule has 2 heteroatoms. The molecule has 0 aromatic heterocycles. The van der Waals surface area contributed by atoms with E-state index in [1.165, 1.54) is 62.5 Å². The highest BCUT2D eigenvalue weighted by molar-refractivity contribution is 6.25. The molecule has 4 aromatic rings. The molecule has 2 fully saturated rings. The highest BCUT2D eigenvalue weighted by Gasteiger charge is 2.88. The number of rotatable bonds is 1. The van der Waals surface area contributed by atoms with E-state index in [9.17, 15) is 4.79 Å². The molecule has 20 rings (SSSR count). The first-order valence-electron chi connectivity index (χ1n) is 21.5. The summed E-state index contributed by atoms with van der Waals surface area (Å²) in [5.41, 5.74) is 27.2. The fourth-order valence-corrected chi connectivity index (χ4v) is 20.7. The van der Waals surface area contributed by atoms with E-state index in [-0.39, 0.29) is 16.8 Å². The van der Waals surface area contributed by atoms with E-state index in [1.807, 2.05) is 44.5 Å². The summed E-state index contributed by atoms with van der Waals surface area (Å²) in [4.78, 5) is 13.9. The van der Waals surface area contributed by atoms with Crippen LogP contribution in [-0.2, 0) is 26.0 Å². The Morgan fingerprint density at radius 2 is 1.51 bits per heavy atom. The van der Waals surface area contributed by atoms with Gasteiger partial charge < -0.3 is 4.74 Å². The molecule has 4 aromatic carbocycles. The SMILES string of the molecule is CC(=O)O[C@]12C[C@H](c3ccccc31)C13c4c5c6c7c8c4=C4CCC=8C8C=CC9C%10CCC%11C%12=c%13c%14c(c-5c5c-6c(c%10c%11c%135)C9C78)C12C(CCC43)C=%14CC%12. The zero-order valence-corrected chi connectivity index (χ0v) is 29.8. The fraction of sp³-hybridized carbons (Fsp3) is 0.431. The second kappa shape index (κ2) is 6.62. The molecule has 2 saturated carbocycles. The lowest BCUT2D eigenvalue weighted by molar-refractivity contribution is -0.174. The van der Waals surface area contributed by atoms with E-state index in [1.54, 1.807) is 72.0 Å². The third-order valence-corrected chi connectivity index (χ3v) is 20.6. The average molecular weight is 681 g/mol. The molecule has 0 amide bonds. The third-order valence-electron chi connectivity index (χ3n) is 20.6. The lowest BCUT2D eigenvalue weighted by Gasteiger charge is -2.65. The maximum absolute atomic E-state index is 13.9. The smallest absolute Gasteiger partial charge is 0.303 e. The van der Waals surface area contributed by atoms with Crippen LogP contribution in [0.25, 0.3) is 55.3 Å². The monoisotopic (exact) mass is 680 g/mol. The maximum atomic E-state index is 13.9. The molecule has 16 aliphatic rings. The first kappa shape index (κ1) is 25.0. The highest BCUT2D eigenvalue weighted by atomic mass is 16.6. The summed E-state index contributed by atoms with van der Waals surface area (Å²) < 4.78 is 7.36. The van der Waals surface area contributed by atoms with Gasteiger partial charge in [0.25, 0.3) is 0 Å². The van der Waals surface area contributed by atoms with Gasteiger partial charge >= 0.3 is 5.97 Å². The number of fused-ring (bicyclic) bond motifs is 5. The van der Waals surface area contributed by atoms with Crippen molar-refractivity contribution in [1.29, 1.82) is 0 Å². The molecule has 53 heavy (non-hydrogen) atoms. The third kappa shape index (κ3) is 1.75. The Hall–Kier alpha value is -4.17. The van der Waals surface area contributed by atoms with E-state index in [0.29, 0.717) is 53.3 Å². The molecule has 252 valence electrons. The first-order chi connectivity index (χ1) is 26.1. The zero-order valence-electron chi connectivity index (χ0n) is 29.8. The molecular formula is C51H36O2. The maximum Gasteiger partial charge on any atom is 0.303 e. The minimum absolute atomic E-state index is 0.0518. The van der Waals surface area contributed by atoms with Gasteiger partial charge in [-0.25, -0.2) is 0 Å². The highest BCUT2D eigenvalue weighted by Crippen LogP contribution is 2.88. The van der Waals surface area contributed by atoms with Gasteiger partial charge in [-0.1, -0.05) is 58.7 Å². The molecule has 0 aliphatic heterocycles. The van der Waals surface area contributed by atoms with Gasteiger partial charge in [-0.2, -0.15) is 0 Å². The van der Waals surface area contributed by atoms with Crippen molar-refractivity contribution in [2.75, 3.05) is 0 Å². The van der Waals surface area contributed by atoms with Crippen LogP contribution in [0.1, 0.15) is 139 Å². The second-order valence-electron chi connectivity index (χ2n) is 20.7. The van der Waals surface area contributed by atoms with Gasteiger partial charge in [-0.15, -0.1) is 0 Å². The number of carbonyl (C=O) groups is 1. The summed E-state index contributed by atoms with van der Waals surface area (Å²) >= 11 is 0. The van der Waals surface area contributed by atoms with Crippen LogP contribution in [0.4, 0.5) is 0 Å². The predicted octanol–water partition coefficient (Wildman–Crippen LogP) is 7.16.